The van der Waals surface area contributed by atoms with Gasteiger partial charge in [-0.25, -0.2) is 0 Å². The van der Waals surface area contributed by atoms with Crippen molar-refractivity contribution >= 4 is 5.57 Å². The molecule has 5 rings (SSSR count). The highest BCUT2D eigenvalue weighted by Crippen LogP contribution is 2.66. The Balaban J connectivity index is 0.000000728. The van der Waals surface area contributed by atoms with Gasteiger partial charge in [-0.15, -0.1) is 6.58 Å². The molecule has 0 spiro atoms. The molecule has 4 aliphatic carbocycles. The van der Waals surface area contributed by atoms with Crippen LogP contribution >= 0.6 is 0 Å². The van der Waals surface area contributed by atoms with E-state index in [9.17, 15) is 0 Å². The van der Waals surface area contributed by atoms with E-state index in [4.69, 9.17) is 0 Å². The normalized spacial score (nSPS) is 36.3. The number of hydrogen-bond acceptors (Lipinski definition) is 1. The van der Waals surface area contributed by atoms with Crippen LogP contribution in [0.15, 0.2) is 60.2 Å². The molecular formula is C32H49N. The van der Waals surface area contributed by atoms with Gasteiger partial charge in [0.15, 0.2) is 0 Å². The summed E-state index contributed by atoms with van der Waals surface area (Å²) in [4.78, 5) is 0. The van der Waals surface area contributed by atoms with Gasteiger partial charge in [0, 0.05) is 0 Å². The molecule has 33 heavy (non-hydrogen) atoms. The summed E-state index contributed by atoms with van der Waals surface area (Å²) in [5, 5.41) is 0. The summed E-state index contributed by atoms with van der Waals surface area (Å²) in [5.41, 5.74) is 11.6. The van der Waals surface area contributed by atoms with Crippen LogP contribution in [0.2, 0.25) is 0 Å². The Bertz CT molecular complexity index is 862. The molecule has 0 aliphatic heterocycles. The van der Waals surface area contributed by atoms with E-state index in [1.54, 1.807) is 5.57 Å². The first-order valence-electron chi connectivity index (χ1n) is 13.6. The van der Waals surface area contributed by atoms with E-state index in [0.717, 1.165) is 23.7 Å². The van der Waals surface area contributed by atoms with Gasteiger partial charge in [0.1, 0.15) is 0 Å². The molecule has 4 aliphatic rings. The van der Waals surface area contributed by atoms with Crippen LogP contribution in [0.1, 0.15) is 91.5 Å². The Hall–Kier alpha value is -1.60. The highest BCUT2D eigenvalue weighted by atomic mass is 14.6. The molecule has 0 radical (unpaired) electrons. The van der Waals surface area contributed by atoms with Crippen LogP contribution < -0.4 is 5.73 Å². The summed E-state index contributed by atoms with van der Waals surface area (Å²) < 4.78 is 0. The van der Waals surface area contributed by atoms with Crippen molar-refractivity contribution < 1.29 is 0 Å². The molecule has 0 heterocycles. The molecule has 1 aromatic rings. The SMILES string of the molecule is C=C(C)CC1CCC2(C)C(=CCC3C2CCC2(C)C(c4ccccc4)=CCC32)C1.CC.CN. The predicted octanol–water partition coefficient (Wildman–Crippen LogP) is 8.83. The summed E-state index contributed by atoms with van der Waals surface area (Å²) in [7, 11) is 1.50. The van der Waals surface area contributed by atoms with Gasteiger partial charge in [-0.1, -0.05) is 81.3 Å². The first-order chi connectivity index (χ1) is 15.9. The molecular weight excluding hydrogens is 398 g/mol. The number of hydrogen-bond donors (Lipinski definition) is 1. The molecule has 2 N–H and O–H groups in total. The lowest BCUT2D eigenvalue weighted by atomic mass is 9.46. The maximum atomic E-state index is 4.50. The summed E-state index contributed by atoms with van der Waals surface area (Å²) >= 11 is 0. The largest absolute Gasteiger partial charge is 0.333 e. The van der Waals surface area contributed by atoms with Gasteiger partial charge < -0.3 is 5.73 Å². The van der Waals surface area contributed by atoms with Gasteiger partial charge in [0.25, 0.3) is 0 Å². The molecule has 2 saturated carbocycles. The Morgan fingerprint density at radius 3 is 2.27 bits per heavy atom. The maximum absolute atomic E-state index is 4.50. The van der Waals surface area contributed by atoms with Crippen molar-refractivity contribution in [2.75, 3.05) is 7.05 Å². The van der Waals surface area contributed by atoms with Crippen LogP contribution in [0.5, 0.6) is 0 Å². The van der Waals surface area contributed by atoms with Gasteiger partial charge >= 0.3 is 0 Å². The summed E-state index contributed by atoms with van der Waals surface area (Å²) in [6.45, 7) is 15.6. The lowest BCUT2D eigenvalue weighted by Crippen LogP contribution is -2.49. The lowest BCUT2D eigenvalue weighted by molar-refractivity contribution is -0.0145. The molecule has 6 unspecified atom stereocenters. The van der Waals surface area contributed by atoms with Crippen molar-refractivity contribution in [3.63, 3.8) is 0 Å². The number of nitrogens with two attached hydrogens (primary N) is 1. The first-order valence-corrected chi connectivity index (χ1v) is 13.6. The van der Waals surface area contributed by atoms with Gasteiger partial charge in [-0.2, -0.15) is 0 Å². The maximum Gasteiger partial charge on any atom is -0.00383 e. The summed E-state index contributed by atoms with van der Waals surface area (Å²) in [6.07, 6.45) is 16.1. The van der Waals surface area contributed by atoms with Crippen LogP contribution in [0.25, 0.3) is 5.57 Å². The van der Waals surface area contributed by atoms with E-state index >= 15 is 0 Å². The highest BCUT2D eigenvalue weighted by molar-refractivity contribution is 5.72. The van der Waals surface area contributed by atoms with Crippen LogP contribution in [-0.4, -0.2) is 7.05 Å². The lowest BCUT2D eigenvalue weighted by Gasteiger charge is -2.58. The molecule has 1 nitrogen and oxygen atoms in total. The molecule has 1 aromatic carbocycles. The average molecular weight is 448 g/mol. The zero-order chi connectivity index (χ0) is 24.2. The fourth-order valence-electron chi connectivity index (χ4n) is 8.04. The van der Waals surface area contributed by atoms with Gasteiger partial charge in [-0.3, -0.25) is 0 Å². The topological polar surface area (TPSA) is 26.0 Å². The summed E-state index contributed by atoms with van der Waals surface area (Å²) in [5.74, 6) is 3.45. The van der Waals surface area contributed by atoms with E-state index in [1.807, 2.05) is 19.4 Å². The quantitative estimate of drug-likeness (QED) is 0.460. The van der Waals surface area contributed by atoms with E-state index in [1.165, 1.54) is 69.6 Å². The second-order valence-corrected chi connectivity index (χ2v) is 11.2. The van der Waals surface area contributed by atoms with Crippen LogP contribution in [0.4, 0.5) is 0 Å². The van der Waals surface area contributed by atoms with E-state index < -0.39 is 0 Å². The smallest absolute Gasteiger partial charge is 0.00383 e. The fraction of sp³-hybridized carbons (Fsp3) is 0.625. The fourth-order valence-corrected chi connectivity index (χ4v) is 8.04. The molecule has 0 amide bonds. The Morgan fingerprint density at radius 2 is 1.61 bits per heavy atom. The third-order valence-corrected chi connectivity index (χ3v) is 9.51. The molecule has 0 aromatic heterocycles. The molecule has 1 heteroatoms. The van der Waals surface area contributed by atoms with Crippen molar-refractivity contribution in [3.05, 3.63) is 65.8 Å². The monoisotopic (exact) mass is 447 g/mol. The van der Waals surface area contributed by atoms with Crippen molar-refractivity contribution in [1.82, 2.24) is 0 Å². The first kappa shape index (κ1) is 26.0. The third kappa shape index (κ3) is 4.68. The molecule has 2 fully saturated rings. The second kappa shape index (κ2) is 10.8. The van der Waals surface area contributed by atoms with Gasteiger partial charge in [-0.05, 0) is 111 Å². The minimum absolute atomic E-state index is 0.376. The van der Waals surface area contributed by atoms with Crippen LogP contribution in [0, 0.1) is 34.5 Å². The number of allylic oxidation sites excluding steroid dienone is 5. The van der Waals surface area contributed by atoms with Crippen LogP contribution in [0.3, 0.4) is 0 Å². The summed E-state index contributed by atoms with van der Waals surface area (Å²) in [6, 6.07) is 11.2. The minimum atomic E-state index is 0.376. The number of rotatable bonds is 3. The van der Waals surface area contributed by atoms with Gasteiger partial charge in [0.2, 0.25) is 0 Å². The molecule has 0 saturated heterocycles. The number of benzene rings is 1. The minimum Gasteiger partial charge on any atom is -0.333 e. The van der Waals surface area contributed by atoms with Crippen molar-refractivity contribution in [3.8, 4) is 0 Å². The molecule has 6 atom stereocenters. The molecule has 182 valence electrons. The zero-order valence-electron chi connectivity index (χ0n) is 22.3. The van der Waals surface area contributed by atoms with Crippen LogP contribution in [-0.2, 0) is 0 Å². The highest BCUT2D eigenvalue weighted by Gasteiger charge is 2.56. The van der Waals surface area contributed by atoms with Crippen molar-refractivity contribution in [2.45, 2.75) is 86.0 Å². The predicted molar refractivity (Wildman–Crippen MR) is 146 cm³/mol. The Labute approximate surface area is 204 Å². The van der Waals surface area contributed by atoms with E-state index in [0.29, 0.717) is 10.8 Å². The second-order valence-electron chi connectivity index (χ2n) is 11.2. The van der Waals surface area contributed by atoms with Crippen molar-refractivity contribution in [1.29, 1.82) is 0 Å². The number of fused-ring (bicyclic) bond motifs is 5. The van der Waals surface area contributed by atoms with Gasteiger partial charge in [0.05, 0.1) is 0 Å². The third-order valence-electron chi connectivity index (χ3n) is 9.51. The Morgan fingerprint density at radius 1 is 0.939 bits per heavy atom. The zero-order valence-corrected chi connectivity index (χ0v) is 22.3. The molecule has 0 bridgehead atoms. The Kier molecular flexibility index (Phi) is 8.49. The van der Waals surface area contributed by atoms with E-state index in [2.05, 4.69) is 75.6 Å². The van der Waals surface area contributed by atoms with E-state index in [-0.39, 0.29) is 0 Å². The van der Waals surface area contributed by atoms with Crippen molar-refractivity contribution in [2.24, 2.45) is 40.2 Å². The average Bonchev–Trinajstić information content (AvgIpc) is 3.19. The standard InChI is InChI=1S/C29H38.C2H6.CH5N/c1-20(2)18-21-14-16-28(3)23(19-21)10-11-24-26-13-12-25(22-8-6-5-7-9-22)29(26,4)17-15-27(24)28;2*1-2/h5-10,12,21,24,26-27H,1,11,13-19H2,2-4H3;1-2H3;2H2,1H3.